The molecule has 3 heterocycles. The van der Waals surface area contributed by atoms with Crippen molar-refractivity contribution in [2.24, 2.45) is 0 Å². The van der Waals surface area contributed by atoms with Gasteiger partial charge in [0.05, 0.1) is 13.2 Å². The molecule has 2 fully saturated rings. The first-order chi connectivity index (χ1) is 16.7. The predicted molar refractivity (Wildman–Crippen MR) is 108 cm³/mol. The highest BCUT2D eigenvalue weighted by molar-refractivity contribution is 7.61. The first-order valence-electron chi connectivity index (χ1n) is 9.95. The molecule has 0 aliphatic carbocycles. The minimum absolute atomic E-state index is 0.713. The van der Waals surface area contributed by atoms with Crippen molar-refractivity contribution in [3.8, 4) is 0 Å². The number of alkyl halides is 1. The Morgan fingerprint density at radius 3 is 2.28 bits per heavy atom. The smallest absolute Gasteiger partial charge is 0.394 e. The van der Waals surface area contributed by atoms with Crippen molar-refractivity contribution in [3.63, 3.8) is 0 Å². The summed E-state index contributed by atoms with van der Waals surface area (Å²) in [5, 5.41) is 48.5. The van der Waals surface area contributed by atoms with E-state index in [1.165, 1.54) is 0 Å². The summed E-state index contributed by atoms with van der Waals surface area (Å²) in [6, 6.07) is 0.920. The van der Waals surface area contributed by atoms with Crippen LogP contribution in [-0.2, 0) is 32.0 Å². The van der Waals surface area contributed by atoms with Gasteiger partial charge in [0, 0.05) is 12.3 Å². The zero-order valence-electron chi connectivity index (χ0n) is 17.8. The number of aliphatic hydroxyl groups is 5. The van der Waals surface area contributed by atoms with Crippen LogP contribution in [-0.4, -0.2) is 107 Å². The van der Waals surface area contributed by atoms with E-state index in [9.17, 15) is 53.3 Å². The Labute approximate surface area is 199 Å². The van der Waals surface area contributed by atoms with Gasteiger partial charge >= 0.3 is 21.3 Å². The molecule has 36 heavy (non-hydrogen) atoms. The highest BCUT2D eigenvalue weighted by atomic mass is 31.3. The molecule has 1 aromatic heterocycles. The third kappa shape index (κ3) is 6.53. The minimum atomic E-state index is -5.65. The minimum Gasteiger partial charge on any atom is -0.394 e. The summed E-state index contributed by atoms with van der Waals surface area (Å²) in [4.78, 5) is 44.4. The third-order valence-electron chi connectivity index (χ3n) is 5.11. The molecule has 2 saturated heterocycles. The van der Waals surface area contributed by atoms with Gasteiger partial charge in [0.25, 0.3) is 5.56 Å². The van der Waals surface area contributed by atoms with Crippen LogP contribution in [0.2, 0.25) is 0 Å². The van der Waals surface area contributed by atoms with Crippen molar-refractivity contribution in [3.05, 3.63) is 33.1 Å². The van der Waals surface area contributed by atoms with Gasteiger partial charge in [-0.3, -0.25) is 23.4 Å². The number of nitrogens with one attached hydrogen (secondary N) is 1. The van der Waals surface area contributed by atoms with Gasteiger partial charge in [-0.05, 0) is 0 Å². The van der Waals surface area contributed by atoms with Crippen molar-refractivity contribution < 1.29 is 71.7 Å². The Balaban J connectivity index is 1.61. The van der Waals surface area contributed by atoms with E-state index in [2.05, 4.69) is 13.4 Å². The van der Waals surface area contributed by atoms with Crippen LogP contribution < -0.4 is 11.2 Å². The Hall–Kier alpha value is -1.41. The molecule has 206 valence electrons. The molecular weight excluding hydrogens is 545 g/mol. The Morgan fingerprint density at radius 1 is 1.00 bits per heavy atom. The molecule has 21 heteroatoms. The molecular formula is C15H23FN2O16P2. The fourth-order valence-corrected chi connectivity index (χ4v) is 5.48. The van der Waals surface area contributed by atoms with E-state index in [1.54, 1.807) is 0 Å². The number of rotatable bonds is 9. The zero-order chi connectivity index (χ0) is 27.0. The van der Waals surface area contributed by atoms with Crippen molar-refractivity contribution in [2.75, 3.05) is 13.2 Å². The lowest BCUT2D eigenvalue weighted by Crippen LogP contribution is -2.57. The summed E-state index contributed by atoms with van der Waals surface area (Å²) in [5.74, 6) is 0. The second-order valence-electron chi connectivity index (χ2n) is 7.63. The fraction of sp³-hybridized carbons (Fsp3) is 0.733. The van der Waals surface area contributed by atoms with Gasteiger partial charge in [-0.1, -0.05) is 0 Å². The molecule has 0 amide bonds. The van der Waals surface area contributed by atoms with Gasteiger partial charge in [0.1, 0.15) is 36.6 Å². The van der Waals surface area contributed by atoms with Gasteiger partial charge in [-0.15, -0.1) is 0 Å². The van der Waals surface area contributed by atoms with Gasteiger partial charge in [-0.25, -0.2) is 18.3 Å². The number of aromatic nitrogens is 2. The topological polar surface area (TPSA) is 277 Å². The number of nitrogens with zero attached hydrogens (tertiary/aromatic N) is 1. The Bertz CT molecular complexity index is 1130. The van der Waals surface area contributed by atoms with E-state index in [0.717, 1.165) is 12.3 Å². The van der Waals surface area contributed by atoms with Gasteiger partial charge in [0.2, 0.25) is 0 Å². The van der Waals surface area contributed by atoms with Crippen LogP contribution in [0.5, 0.6) is 0 Å². The first-order valence-corrected chi connectivity index (χ1v) is 12.9. The van der Waals surface area contributed by atoms with Crippen LogP contribution in [0.4, 0.5) is 4.39 Å². The summed E-state index contributed by atoms with van der Waals surface area (Å²) in [7, 11) is -11.2. The van der Waals surface area contributed by atoms with E-state index in [-0.39, 0.29) is 0 Å². The van der Waals surface area contributed by atoms with Crippen molar-refractivity contribution in [1.29, 1.82) is 0 Å². The molecule has 8 N–H and O–H groups in total. The third-order valence-corrected chi connectivity index (χ3v) is 7.71. The van der Waals surface area contributed by atoms with Crippen molar-refractivity contribution in [2.45, 2.75) is 55.3 Å². The van der Waals surface area contributed by atoms with Crippen molar-refractivity contribution in [1.82, 2.24) is 9.55 Å². The zero-order valence-corrected chi connectivity index (χ0v) is 19.6. The lowest BCUT2D eigenvalue weighted by Gasteiger charge is -2.38. The number of hydrogen-bond donors (Lipinski definition) is 8. The molecule has 0 saturated carbocycles. The second kappa shape index (κ2) is 11.1. The van der Waals surface area contributed by atoms with Crippen LogP contribution in [0.25, 0.3) is 0 Å². The van der Waals surface area contributed by atoms with E-state index in [0.29, 0.717) is 4.57 Å². The quantitative estimate of drug-likeness (QED) is 0.133. The number of phosphoric acid groups is 2. The molecule has 1 aromatic rings. The lowest BCUT2D eigenvalue weighted by molar-refractivity contribution is -0.268. The maximum atomic E-state index is 13.9. The first kappa shape index (κ1) is 29.2. The summed E-state index contributed by atoms with van der Waals surface area (Å²) < 4.78 is 61.7. The van der Waals surface area contributed by atoms with E-state index in [1.807, 2.05) is 4.98 Å². The normalized spacial score (nSPS) is 38.4. The fourth-order valence-electron chi connectivity index (χ4n) is 3.33. The summed E-state index contributed by atoms with van der Waals surface area (Å²) >= 11 is 0. The number of halogens is 1. The highest BCUT2D eigenvalue weighted by Gasteiger charge is 2.50. The number of aliphatic hydroxyl groups excluding tert-OH is 5. The van der Waals surface area contributed by atoms with Crippen LogP contribution in [0.3, 0.4) is 0 Å². The van der Waals surface area contributed by atoms with E-state index in [4.69, 9.17) is 14.6 Å². The molecule has 7 unspecified atom stereocenters. The van der Waals surface area contributed by atoms with Gasteiger partial charge < -0.3 is 44.8 Å². The summed E-state index contributed by atoms with van der Waals surface area (Å²) in [5.41, 5.74) is -1.76. The molecule has 3 rings (SSSR count). The van der Waals surface area contributed by atoms with Crippen LogP contribution in [0, 0.1) is 0 Å². The lowest BCUT2D eigenvalue weighted by atomic mass is 10.0. The number of phosphoric ester groups is 2. The Kier molecular flexibility index (Phi) is 9.02. The van der Waals surface area contributed by atoms with Gasteiger partial charge in [-0.2, -0.15) is 4.31 Å². The van der Waals surface area contributed by atoms with Crippen LogP contribution >= 0.6 is 15.6 Å². The average molecular weight is 568 g/mol. The molecule has 0 spiro atoms. The molecule has 2 aliphatic heterocycles. The van der Waals surface area contributed by atoms with Crippen molar-refractivity contribution >= 4 is 15.6 Å². The molecule has 2 aliphatic rings. The molecule has 0 radical (unpaired) electrons. The summed E-state index contributed by atoms with van der Waals surface area (Å²) in [6.07, 6.45) is -16.6. The number of H-pyrrole nitrogens is 1. The summed E-state index contributed by atoms with van der Waals surface area (Å²) in [6.45, 7) is -2.03. The predicted octanol–water partition coefficient (Wildman–Crippen LogP) is -3.82. The van der Waals surface area contributed by atoms with E-state index < -0.39 is 95.4 Å². The molecule has 11 atom stereocenters. The number of ether oxygens (including phenoxy) is 2. The highest BCUT2D eigenvalue weighted by Crippen LogP contribution is 2.61. The average Bonchev–Trinajstić information content (AvgIpc) is 3.06. The molecule has 0 aromatic carbocycles. The molecule has 0 bridgehead atoms. The standard InChI is InChI=1S/C15H23FN2O16P2/c16-8-9(21)5(3-19)32-14(11(8)23)33-36(28,29)34-35(26,27)30-4-6-10(22)12(24)13(31-6)18-2-1-7(20)17-15(18)25/h1-2,5-6,8-14,19,21-24H,3-4H2,(H,26,27)(H,28,29)(H,17,20,25)/t5?,6-,8?,9?,10-,11?,12-,13-,14?/m1/s1. The maximum Gasteiger partial charge on any atom is 0.483 e. The molecule has 18 nitrogen and oxygen atoms in total. The SMILES string of the molecule is O=c1ccn([C@@H]2O[C@H](COP(=O)(O)OP(=O)(O)OC3OC(CO)C(O)C(F)C3O)[C@@H](O)[C@H]2O)c(=O)[nH]1. The van der Waals surface area contributed by atoms with Gasteiger partial charge in [0.15, 0.2) is 18.7 Å². The largest absolute Gasteiger partial charge is 0.483 e. The number of aromatic amines is 1. The maximum absolute atomic E-state index is 13.9. The Morgan fingerprint density at radius 2 is 1.67 bits per heavy atom. The monoisotopic (exact) mass is 568 g/mol. The van der Waals surface area contributed by atoms with Crippen LogP contribution in [0.15, 0.2) is 21.9 Å². The number of hydrogen-bond acceptors (Lipinski definition) is 14. The second-order valence-corrected chi connectivity index (χ2v) is 10.6. The van der Waals surface area contributed by atoms with Crippen LogP contribution in [0.1, 0.15) is 6.23 Å². The van der Waals surface area contributed by atoms with E-state index >= 15 is 0 Å².